The first kappa shape index (κ1) is 19.2. The van der Waals surface area contributed by atoms with Crippen molar-refractivity contribution in [2.75, 3.05) is 32.9 Å². The molecular weight excluding hydrogens is 370 g/mol. The molecule has 6 heteroatoms. The van der Waals surface area contributed by atoms with E-state index in [2.05, 4.69) is 52.5 Å². The molecule has 0 bridgehead atoms. The van der Waals surface area contributed by atoms with Gasteiger partial charge in [-0.15, -0.1) is 0 Å². The summed E-state index contributed by atoms with van der Waals surface area (Å²) in [6.07, 6.45) is 1.73. The molecule has 24 heavy (non-hydrogen) atoms. The lowest BCUT2D eigenvalue weighted by Gasteiger charge is -2.27. The molecule has 0 aromatic heterocycles. The van der Waals surface area contributed by atoms with Gasteiger partial charge in [-0.1, -0.05) is 22.0 Å². The summed E-state index contributed by atoms with van der Waals surface area (Å²) in [5, 5.41) is 16.1. The van der Waals surface area contributed by atoms with Crippen LogP contribution in [0.2, 0.25) is 0 Å². The van der Waals surface area contributed by atoms with E-state index in [-0.39, 0.29) is 12.0 Å². The van der Waals surface area contributed by atoms with Crippen LogP contribution in [0.5, 0.6) is 0 Å². The summed E-state index contributed by atoms with van der Waals surface area (Å²) in [5.74, 6) is 0.809. The summed E-state index contributed by atoms with van der Waals surface area (Å²) in [6.45, 7) is 8.04. The molecule has 1 unspecified atom stereocenters. The molecule has 1 aliphatic rings. The Kier molecular flexibility index (Phi) is 7.52. The van der Waals surface area contributed by atoms with Gasteiger partial charge in [0.25, 0.3) is 0 Å². The topological polar surface area (TPSA) is 65.9 Å². The van der Waals surface area contributed by atoms with E-state index < -0.39 is 0 Å². The first-order chi connectivity index (χ1) is 11.6. The molecule has 0 amide bonds. The van der Waals surface area contributed by atoms with Crippen LogP contribution in [0.4, 0.5) is 0 Å². The zero-order chi connectivity index (χ0) is 17.4. The van der Waals surface area contributed by atoms with Crippen molar-refractivity contribution in [3.8, 4) is 0 Å². The van der Waals surface area contributed by atoms with E-state index >= 15 is 0 Å². The lowest BCUT2D eigenvalue weighted by molar-refractivity contribution is 0.127. The molecule has 1 saturated heterocycles. The number of hydrogen-bond donors (Lipinski definition) is 3. The maximum atomic E-state index is 9.33. The number of aliphatic hydroxyl groups is 1. The average Bonchev–Trinajstić information content (AvgIpc) is 3.01. The fourth-order valence-electron chi connectivity index (χ4n) is 2.93. The van der Waals surface area contributed by atoms with Crippen LogP contribution in [-0.2, 0) is 11.3 Å². The molecule has 3 N–H and O–H groups in total. The Balaban J connectivity index is 1.99. The van der Waals surface area contributed by atoms with E-state index in [9.17, 15) is 5.11 Å². The maximum absolute atomic E-state index is 9.33. The molecule has 5 nitrogen and oxygen atoms in total. The fraction of sp³-hybridized carbons (Fsp3) is 0.611. The number of rotatable bonds is 7. The minimum atomic E-state index is 0.0124. The highest BCUT2D eigenvalue weighted by Gasteiger charge is 2.34. The molecular formula is C18H28BrN3O2. The van der Waals surface area contributed by atoms with Crippen molar-refractivity contribution in [3.63, 3.8) is 0 Å². The summed E-state index contributed by atoms with van der Waals surface area (Å²) in [6, 6.07) is 6.26. The lowest BCUT2D eigenvalue weighted by Crippen LogP contribution is -2.44. The molecule has 1 aromatic rings. The number of aliphatic hydroxyl groups excluding tert-OH is 1. The van der Waals surface area contributed by atoms with E-state index in [1.165, 1.54) is 11.1 Å². The van der Waals surface area contributed by atoms with Crippen LogP contribution >= 0.6 is 15.9 Å². The van der Waals surface area contributed by atoms with Crippen LogP contribution in [0, 0.1) is 12.3 Å². The van der Waals surface area contributed by atoms with Gasteiger partial charge >= 0.3 is 0 Å². The summed E-state index contributed by atoms with van der Waals surface area (Å²) in [5.41, 5.74) is 2.45. The Morgan fingerprint density at radius 2 is 2.25 bits per heavy atom. The number of guanidine groups is 1. The molecule has 1 aromatic carbocycles. The van der Waals surface area contributed by atoms with Gasteiger partial charge < -0.3 is 20.5 Å². The van der Waals surface area contributed by atoms with Crippen LogP contribution in [0.3, 0.4) is 0 Å². The number of aliphatic imine (C=N–C) groups is 1. The van der Waals surface area contributed by atoms with Crippen molar-refractivity contribution in [2.24, 2.45) is 10.4 Å². The fourth-order valence-corrected chi connectivity index (χ4v) is 3.40. The van der Waals surface area contributed by atoms with Gasteiger partial charge in [-0.05, 0) is 49.9 Å². The smallest absolute Gasteiger partial charge is 0.191 e. The molecule has 1 fully saturated rings. The molecule has 0 saturated carbocycles. The predicted octanol–water partition coefficient (Wildman–Crippen LogP) is 2.60. The van der Waals surface area contributed by atoms with E-state index in [0.717, 1.165) is 43.0 Å². The van der Waals surface area contributed by atoms with Crippen LogP contribution in [-0.4, -0.2) is 44.0 Å². The summed E-state index contributed by atoms with van der Waals surface area (Å²) < 4.78 is 6.63. The summed E-state index contributed by atoms with van der Waals surface area (Å²) >= 11 is 3.49. The SMILES string of the molecule is CCNC(=NCc1ccc(Br)cc1C)NCC1(CCO)CCOC1. The van der Waals surface area contributed by atoms with Gasteiger partial charge in [0.15, 0.2) is 5.96 Å². The number of hydrogen-bond acceptors (Lipinski definition) is 3. The predicted molar refractivity (Wildman–Crippen MR) is 101 cm³/mol. The standard InChI is InChI=1S/C18H28BrN3O2/c1-3-20-17(21-11-15-4-5-16(19)10-14(15)2)22-12-18(6-8-23)7-9-24-13-18/h4-5,10,23H,3,6-9,11-13H2,1-2H3,(H2,20,21,22). The number of halogens is 1. The third-order valence-corrected chi connectivity index (χ3v) is 5.01. The van der Waals surface area contributed by atoms with Gasteiger partial charge in [-0.3, -0.25) is 0 Å². The molecule has 2 rings (SSSR count). The van der Waals surface area contributed by atoms with E-state index in [0.29, 0.717) is 13.2 Å². The lowest BCUT2D eigenvalue weighted by atomic mass is 9.84. The third-order valence-electron chi connectivity index (χ3n) is 4.51. The normalized spacial score (nSPS) is 21.1. The third kappa shape index (κ3) is 5.46. The largest absolute Gasteiger partial charge is 0.396 e. The zero-order valence-corrected chi connectivity index (χ0v) is 16.2. The second-order valence-electron chi connectivity index (χ2n) is 6.40. The molecule has 0 radical (unpaired) electrons. The molecule has 0 spiro atoms. The van der Waals surface area contributed by atoms with E-state index in [1.807, 2.05) is 6.07 Å². The number of aryl methyl sites for hydroxylation is 1. The Hall–Kier alpha value is -1.11. The highest BCUT2D eigenvalue weighted by Crippen LogP contribution is 2.31. The Morgan fingerprint density at radius 1 is 1.42 bits per heavy atom. The van der Waals surface area contributed by atoms with Crippen molar-refractivity contribution >= 4 is 21.9 Å². The number of ether oxygens (including phenoxy) is 1. The molecule has 0 aliphatic carbocycles. The second kappa shape index (κ2) is 9.39. The Morgan fingerprint density at radius 3 is 2.88 bits per heavy atom. The zero-order valence-electron chi connectivity index (χ0n) is 14.6. The van der Waals surface area contributed by atoms with Crippen LogP contribution < -0.4 is 10.6 Å². The summed E-state index contributed by atoms with van der Waals surface area (Å²) in [4.78, 5) is 4.70. The first-order valence-corrected chi connectivity index (χ1v) is 9.34. The number of nitrogens with one attached hydrogen (secondary N) is 2. The molecule has 1 aliphatic heterocycles. The van der Waals surface area contributed by atoms with Crippen molar-refractivity contribution in [1.82, 2.24) is 10.6 Å². The van der Waals surface area contributed by atoms with Gasteiger partial charge in [-0.2, -0.15) is 0 Å². The van der Waals surface area contributed by atoms with Crippen LogP contribution in [0.1, 0.15) is 30.9 Å². The van der Waals surface area contributed by atoms with Gasteiger partial charge in [0, 0.05) is 36.2 Å². The molecule has 1 atom stereocenters. The minimum Gasteiger partial charge on any atom is -0.396 e. The quantitative estimate of drug-likeness (QED) is 0.488. The first-order valence-electron chi connectivity index (χ1n) is 8.54. The Labute approximate surface area is 153 Å². The Bertz CT molecular complexity index is 557. The van der Waals surface area contributed by atoms with Crippen molar-refractivity contribution in [1.29, 1.82) is 0 Å². The second-order valence-corrected chi connectivity index (χ2v) is 7.31. The van der Waals surface area contributed by atoms with Gasteiger partial charge in [0.2, 0.25) is 0 Å². The van der Waals surface area contributed by atoms with Crippen LogP contribution in [0.15, 0.2) is 27.7 Å². The van der Waals surface area contributed by atoms with Gasteiger partial charge in [0.05, 0.1) is 13.2 Å². The van der Waals surface area contributed by atoms with Crippen LogP contribution in [0.25, 0.3) is 0 Å². The van der Waals surface area contributed by atoms with Crippen molar-refractivity contribution in [3.05, 3.63) is 33.8 Å². The van der Waals surface area contributed by atoms with E-state index in [1.54, 1.807) is 0 Å². The maximum Gasteiger partial charge on any atom is 0.191 e. The van der Waals surface area contributed by atoms with Crippen molar-refractivity contribution in [2.45, 2.75) is 33.2 Å². The molecule has 1 heterocycles. The molecule has 134 valence electrons. The number of nitrogens with zero attached hydrogens (tertiary/aromatic N) is 1. The highest BCUT2D eigenvalue weighted by molar-refractivity contribution is 9.10. The van der Waals surface area contributed by atoms with Gasteiger partial charge in [0.1, 0.15) is 0 Å². The monoisotopic (exact) mass is 397 g/mol. The van der Waals surface area contributed by atoms with Crippen molar-refractivity contribution < 1.29 is 9.84 Å². The number of benzene rings is 1. The average molecular weight is 398 g/mol. The minimum absolute atomic E-state index is 0.0124. The highest BCUT2D eigenvalue weighted by atomic mass is 79.9. The summed E-state index contributed by atoms with van der Waals surface area (Å²) in [7, 11) is 0. The van der Waals surface area contributed by atoms with Gasteiger partial charge in [-0.25, -0.2) is 4.99 Å². The van der Waals surface area contributed by atoms with E-state index in [4.69, 9.17) is 9.73 Å².